The van der Waals surface area contributed by atoms with E-state index < -0.39 is 12.6 Å². The summed E-state index contributed by atoms with van der Waals surface area (Å²) in [6, 6.07) is 3.23. The molecule has 1 heterocycles. The van der Waals surface area contributed by atoms with Crippen molar-refractivity contribution < 1.29 is 17.9 Å². The summed E-state index contributed by atoms with van der Waals surface area (Å²) in [5, 5.41) is 0. The van der Waals surface area contributed by atoms with Crippen molar-refractivity contribution in [2.45, 2.75) is 32.0 Å². The third kappa shape index (κ3) is 5.53. The second-order valence-electron chi connectivity index (χ2n) is 3.79. The number of alkyl halides is 3. The molecule has 1 aromatic heterocycles. The Bertz CT molecular complexity index is 336. The molecule has 0 aromatic carbocycles. The summed E-state index contributed by atoms with van der Waals surface area (Å²) in [5.41, 5.74) is 6.48. The Labute approximate surface area is 97.8 Å². The lowest BCUT2D eigenvalue weighted by Crippen LogP contribution is -2.10. The van der Waals surface area contributed by atoms with E-state index in [1.807, 2.05) is 6.92 Å². The van der Waals surface area contributed by atoms with Crippen molar-refractivity contribution in [3.05, 3.63) is 23.9 Å². The van der Waals surface area contributed by atoms with Gasteiger partial charge in [-0.2, -0.15) is 13.2 Å². The Morgan fingerprint density at radius 3 is 2.59 bits per heavy atom. The van der Waals surface area contributed by atoms with Crippen LogP contribution in [-0.4, -0.2) is 17.8 Å². The quantitative estimate of drug-likeness (QED) is 0.815. The zero-order valence-electron chi connectivity index (χ0n) is 9.50. The molecule has 0 amide bonds. The first-order valence-electron chi connectivity index (χ1n) is 5.29. The summed E-state index contributed by atoms with van der Waals surface area (Å²) in [5.74, 6) is 0.316. The lowest BCUT2D eigenvalue weighted by molar-refractivity contribution is -0.136. The van der Waals surface area contributed by atoms with Crippen molar-refractivity contribution in [3.8, 4) is 5.88 Å². The molecule has 0 unspecified atom stereocenters. The first-order chi connectivity index (χ1) is 7.88. The molecule has 0 aliphatic heterocycles. The summed E-state index contributed by atoms with van der Waals surface area (Å²) in [6.07, 6.45) is -3.48. The number of rotatable bonds is 5. The van der Waals surface area contributed by atoms with Crippen molar-refractivity contribution >= 4 is 0 Å². The molecule has 3 nitrogen and oxygen atoms in total. The molecule has 1 aromatic rings. The monoisotopic (exact) mass is 248 g/mol. The molecular weight excluding hydrogens is 233 g/mol. The van der Waals surface area contributed by atoms with E-state index in [0.717, 1.165) is 5.56 Å². The van der Waals surface area contributed by atoms with Gasteiger partial charge in [0.15, 0.2) is 0 Å². The van der Waals surface area contributed by atoms with Crippen LogP contribution in [-0.2, 0) is 0 Å². The molecule has 0 saturated carbocycles. The van der Waals surface area contributed by atoms with E-state index in [-0.39, 0.29) is 19.1 Å². The van der Waals surface area contributed by atoms with Crippen LogP contribution < -0.4 is 10.5 Å². The molecule has 1 atom stereocenters. The largest absolute Gasteiger partial charge is 0.478 e. The van der Waals surface area contributed by atoms with Gasteiger partial charge in [-0.25, -0.2) is 4.98 Å². The van der Waals surface area contributed by atoms with Crippen molar-refractivity contribution in [2.24, 2.45) is 5.73 Å². The molecule has 0 fully saturated rings. The van der Waals surface area contributed by atoms with Gasteiger partial charge in [-0.3, -0.25) is 0 Å². The van der Waals surface area contributed by atoms with E-state index >= 15 is 0 Å². The minimum Gasteiger partial charge on any atom is -0.478 e. The van der Waals surface area contributed by atoms with E-state index in [0.29, 0.717) is 5.88 Å². The second-order valence-corrected chi connectivity index (χ2v) is 3.79. The van der Waals surface area contributed by atoms with E-state index in [9.17, 15) is 13.2 Å². The molecule has 96 valence electrons. The van der Waals surface area contributed by atoms with Gasteiger partial charge in [0.25, 0.3) is 0 Å². The smallest absolute Gasteiger partial charge is 0.389 e. The van der Waals surface area contributed by atoms with Gasteiger partial charge in [0.1, 0.15) is 0 Å². The molecule has 2 N–H and O–H groups in total. The van der Waals surface area contributed by atoms with Crippen LogP contribution >= 0.6 is 0 Å². The highest BCUT2D eigenvalue weighted by Crippen LogP contribution is 2.21. The normalized spacial score (nSPS) is 13.5. The summed E-state index contributed by atoms with van der Waals surface area (Å²) in [6.45, 7) is 1.82. The minimum atomic E-state index is -4.13. The first kappa shape index (κ1) is 13.8. The fraction of sp³-hybridized carbons (Fsp3) is 0.545. The number of hydrogen-bond acceptors (Lipinski definition) is 3. The van der Waals surface area contributed by atoms with Crippen molar-refractivity contribution in [2.75, 3.05) is 6.61 Å². The van der Waals surface area contributed by atoms with Crippen LogP contribution in [0.3, 0.4) is 0 Å². The molecule has 0 radical (unpaired) electrons. The maximum Gasteiger partial charge on any atom is 0.389 e. The lowest BCUT2D eigenvalue weighted by Gasteiger charge is -2.09. The molecule has 0 aliphatic carbocycles. The number of nitrogens with two attached hydrogens (primary N) is 1. The number of aromatic nitrogens is 1. The average molecular weight is 248 g/mol. The zero-order chi connectivity index (χ0) is 12.9. The van der Waals surface area contributed by atoms with E-state index in [1.54, 1.807) is 18.3 Å². The van der Waals surface area contributed by atoms with Crippen LogP contribution in [0.2, 0.25) is 0 Å². The number of hydrogen-bond donors (Lipinski definition) is 1. The Hall–Kier alpha value is -1.30. The number of nitrogens with zero attached hydrogens (tertiary/aromatic N) is 1. The second kappa shape index (κ2) is 5.86. The van der Waals surface area contributed by atoms with Gasteiger partial charge in [-0.15, -0.1) is 0 Å². The first-order valence-corrected chi connectivity index (χ1v) is 5.29. The van der Waals surface area contributed by atoms with Crippen LogP contribution in [0.1, 0.15) is 31.4 Å². The molecule has 1 rings (SSSR count). The van der Waals surface area contributed by atoms with Gasteiger partial charge >= 0.3 is 6.18 Å². The summed E-state index contributed by atoms with van der Waals surface area (Å²) in [4.78, 5) is 3.95. The van der Waals surface area contributed by atoms with E-state index in [2.05, 4.69) is 4.98 Å². The standard InChI is InChI=1S/C11H15F3N2O/c1-8(15)9-3-4-10(16-7-9)17-6-2-5-11(12,13)14/h3-4,7-8H,2,5-6,15H2,1H3/t8-/m1/s1. The Morgan fingerprint density at radius 1 is 1.41 bits per heavy atom. The number of pyridine rings is 1. The maximum atomic E-state index is 11.8. The van der Waals surface area contributed by atoms with E-state index in [4.69, 9.17) is 10.5 Å². The fourth-order valence-electron chi connectivity index (χ4n) is 1.20. The highest BCUT2D eigenvalue weighted by molar-refractivity contribution is 5.19. The summed E-state index contributed by atoms with van der Waals surface area (Å²) < 4.78 is 40.6. The molecule has 0 aliphatic rings. The number of ether oxygens (including phenoxy) is 1. The van der Waals surface area contributed by atoms with Crippen LogP contribution in [0.25, 0.3) is 0 Å². The van der Waals surface area contributed by atoms with Gasteiger partial charge in [-0.05, 0) is 18.9 Å². The maximum absolute atomic E-state index is 11.8. The van der Waals surface area contributed by atoms with Crippen LogP contribution in [0.4, 0.5) is 13.2 Å². The van der Waals surface area contributed by atoms with Crippen molar-refractivity contribution in [1.82, 2.24) is 4.98 Å². The zero-order valence-corrected chi connectivity index (χ0v) is 9.50. The van der Waals surface area contributed by atoms with E-state index in [1.165, 1.54) is 0 Å². The topological polar surface area (TPSA) is 48.1 Å². The van der Waals surface area contributed by atoms with Crippen molar-refractivity contribution in [3.63, 3.8) is 0 Å². The third-order valence-electron chi connectivity index (χ3n) is 2.14. The Balaban J connectivity index is 2.33. The predicted octanol–water partition coefficient (Wildman–Crippen LogP) is 2.82. The van der Waals surface area contributed by atoms with Crippen LogP contribution in [0.15, 0.2) is 18.3 Å². The highest BCUT2D eigenvalue weighted by atomic mass is 19.4. The highest BCUT2D eigenvalue weighted by Gasteiger charge is 2.26. The molecule has 0 saturated heterocycles. The molecule has 17 heavy (non-hydrogen) atoms. The molecular formula is C11H15F3N2O. The summed E-state index contributed by atoms with van der Waals surface area (Å²) >= 11 is 0. The van der Waals surface area contributed by atoms with Gasteiger partial charge < -0.3 is 10.5 Å². The van der Waals surface area contributed by atoms with Crippen molar-refractivity contribution in [1.29, 1.82) is 0 Å². The van der Waals surface area contributed by atoms with Crippen LogP contribution in [0.5, 0.6) is 5.88 Å². The third-order valence-corrected chi connectivity index (χ3v) is 2.14. The summed E-state index contributed by atoms with van der Waals surface area (Å²) in [7, 11) is 0. The molecule has 0 bridgehead atoms. The SMILES string of the molecule is C[C@@H](N)c1ccc(OCCCC(F)(F)F)nc1. The Morgan fingerprint density at radius 2 is 2.12 bits per heavy atom. The van der Waals surface area contributed by atoms with Gasteiger partial charge in [-0.1, -0.05) is 6.07 Å². The molecule has 0 spiro atoms. The van der Waals surface area contributed by atoms with Crippen LogP contribution in [0, 0.1) is 0 Å². The average Bonchev–Trinajstić information content (AvgIpc) is 2.24. The minimum absolute atomic E-state index is 0.00400. The Kier molecular flexibility index (Phi) is 4.74. The lowest BCUT2D eigenvalue weighted by atomic mass is 10.2. The van der Waals surface area contributed by atoms with Gasteiger partial charge in [0.05, 0.1) is 6.61 Å². The molecule has 6 heteroatoms. The fourth-order valence-corrected chi connectivity index (χ4v) is 1.20. The number of halogens is 3. The van der Waals surface area contributed by atoms with Gasteiger partial charge in [0.2, 0.25) is 5.88 Å². The predicted molar refractivity (Wildman–Crippen MR) is 57.6 cm³/mol. The van der Waals surface area contributed by atoms with Gasteiger partial charge in [0, 0.05) is 24.7 Å².